The maximum atomic E-state index is 14.3. The molecular formula is C29H31F3N6O2. The third kappa shape index (κ3) is 3.77. The fourth-order valence-corrected chi connectivity index (χ4v) is 7.32. The van der Waals surface area contributed by atoms with Crippen LogP contribution in [0.15, 0.2) is 53.8 Å². The average molecular weight is 553 g/mol. The van der Waals surface area contributed by atoms with E-state index >= 15 is 0 Å². The smallest absolute Gasteiger partial charge is 0.389 e. The van der Waals surface area contributed by atoms with Crippen molar-refractivity contribution < 1.29 is 18.3 Å². The normalized spacial score (nSPS) is 28.4. The zero-order valence-electron chi connectivity index (χ0n) is 22.4. The first-order valence-corrected chi connectivity index (χ1v) is 13.7. The average Bonchev–Trinajstić information content (AvgIpc) is 3.18. The van der Waals surface area contributed by atoms with Crippen LogP contribution >= 0.6 is 0 Å². The van der Waals surface area contributed by atoms with Gasteiger partial charge in [0.05, 0.1) is 27.8 Å². The topological polar surface area (TPSA) is 80.6 Å². The van der Waals surface area contributed by atoms with E-state index in [1.165, 1.54) is 16.8 Å². The van der Waals surface area contributed by atoms with E-state index in [9.17, 15) is 23.1 Å². The Kier molecular flexibility index (Phi) is 5.44. The molecule has 4 heterocycles. The Hall–Kier alpha value is -3.44. The van der Waals surface area contributed by atoms with Gasteiger partial charge in [-0.1, -0.05) is 19.1 Å². The van der Waals surface area contributed by atoms with Crippen LogP contribution in [0.4, 0.5) is 13.2 Å². The molecule has 0 radical (unpaired) electrons. The molecule has 3 aliphatic rings. The number of aryl methyl sites for hydroxylation is 1. The van der Waals surface area contributed by atoms with Gasteiger partial charge in [0.1, 0.15) is 12.2 Å². The number of imidazole rings is 1. The summed E-state index contributed by atoms with van der Waals surface area (Å²) in [4.78, 5) is 15.8. The van der Waals surface area contributed by atoms with Crippen molar-refractivity contribution in [1.82, 2.24) is 28.6 Å². The van der Waals surface area contributed by atoms with Crippen molar-refractivity contribution >= 4 is 5.52 Å². The minimum Gasteiger partial charge on any atom is -0.389 e. The number of aromatic nitrogens is 5. The Morgan fingerprint density at radius 2 is 2.02 bits per heavy atom. The number of hydrogen-bond donors (Lipinski definition) is 1. The minimum absolute atomic E-state index is 0.0279. The summed E-state index contributed by atoms with van der Waals surface area (Å²) in [5, 5.41) is 19.1. The number of rotatable bonds is 5. The first-order valence-electron chi connectivity index (χ1n) is 13.7. The molecule has 3 aromatic heterocycles. The predicted octanol–water partition coefficient (Wildman–Crippen LogP) is 3.91. The van der Waals surface area contributed by atoms with Gasteiger partial charge in [-0.2, -0.15) is 13.2 Å². The third-order valence-corrected chi connectivity index (χ3v) is 9.25. The summed E-state index contributed by atoms with van der Waals surface area (Å²) in [5.74, 6) is 1.19. The molecule has 0 amide bonds. The largest absolute Gasteiger partial charge is 0.418 e. The highest BCUT2D eigenvalue weighted by Crippen LogP contribution is 2.72. The van der Waals surface area contributed by atoms with Crippen LogP contribution in [-0.4, -0.2) is 52.4 Å². The molecule has 11 heteroatoms. The Morgan fingerprint density at radius 1 is 1.20 bits per heavy atom. The lowest BCUT2D eigenvalue weighted by Gasteiger charge is -2.44. The van der Waals surface area contributed by atoms with Crippen LogP contribution < -0.4 is 5.69 Å². The summed E-state index contributed by atoms with van der Waals surface area (Å²) in [7, 11) is 1.85. The summed E-state index contributed by atoms with van der Waals surface area (Å²) in [5.41, 5.74) is -1.08. The molecular weight excluding hydrogens is 521 g/mol. The Balaban J connectivity index is 1.32. The number of piperidine rings is 1. The van der Waals surface area contributed by atoms with Crippen molar-refractivity contribution in [3.8, 4) is 5.69 Å². The number of fused-ring (bicyclic) bond motifs is 2. The second kappa shape index (κ2) is 8.53. The second-order valence-corrected chi connectivity index (χ2v) is 12.1. The molecule has 3 fully saturated rings. The van der Waals surface area contributed by atoms with Gasteiger partial charge in [0.15, 0.2) is 0 Å². The number of likely N-dealkylation sites (tertiary alicyclic amines) is 1. The lowest BCUT2D eigenvalue weighted by atomic mass is 9.62. The maximum Gasteiger partial charge on any atom is 0.418 e. The SMILES string of the molecule is C[C@H]1CCCN(Cc2cc(C(F)(F)F)c3cn(-c4cccc([C@@]5(c6nncn6C)C[C@]6(O)CC65)c4)c(=O)n3c2)C1. The number of nitrogens with zero attached hydrogens (tertiary/aromatic N) is 6. The molecule has 1 aliphatic heterocycles. The van der Waals surface area contributed by atoms with Gasteiger partial charge < -0.3 is 9.67 Å². The Labute approximate surface area is 228 Å². The second-order valence-electron chi connectivity index (χ2n) is 12.1. The van der Waals surface area contributed by atoms with E-state index in [1.54, 1.807) is 24.7 Å². The monoisotopic (exact) mass is 552 g/mol. The van der Waals surface area contributed by atoms with Gasteiger partial charge in [-0.05, 0) is 67.5 Å². The van der Waals surface area contributed by atoms with Crippen LogP contribution in [0.25, 0.3) is 11.2 Å². The van der Waals surface area contributed by atoms with Crippen LogP contribution in [0.5, 0.6) is 0 Å². The van der Waals surface area contributed by atoms with Crippen LogP contribution in [0.2, 0.25) is 0 Å². The number of aliphatic hydroxyl groups is 1. The number of benzene rings is 1. The lowest BCUT2D eigenvalue weighted by Crippen LogP contribution is -2.49. The van der Waals surface area contributed by atoms with Crippen molar-refractivity contribution in [1.29, 1.82) is 0 Å². The molecule has 8 nitrogen and oxygen atoms in total. The summed E-state index contributed by atoms with van der Waals surface area (Å²) < 4.78 is 47.0. The van der Waals surface area contributed by atoms with E-state index in [0.717, 1.165) is 41.7 Å². The van der Waals surface area contributed by atoms with Gasteiger partial charge in [-0.25, -0.2) is 4.79 Å². The van der Waals surface area contributed by atoms with E-state index in [2.05, 4.69) is 22.0 Å². The molecule has 1 N–H and O–H groups in total. The Bertz CT molecular complexity index is 1690. The zero-order valence-corrected chi connectivity index (χ0v) is 22.4. The van der Waals surface area contributed by atoms with Gasteiger partial charge >= 0.3 is 11.9 Å². The van der Waals surface area contributed by atoms with Crippen molar-refractivity contribution in [2.45, 2.75) is 56.3 Å². The molecule has 4 aromatic rings. The molecule has 4 atom stereocenters. The van der Waals surface area contributed by atoms with Gasteiger partial charge in [-0.15, -0.1) is 10.2 Å². The van der Waals surface area contributed by atoms with Crippen molar-refractivity contribution in [3.63, 3.8) is 0 Å². The van der Waals surface area contributed by atoms with E-state index in [0.29, 0.717) is 36.6 Å². The molecule has 210 valence electrons. The summed E-state index contributed by atoms with van der Waals surface area (Å²) >= 11 is 0. The summed E-state index contributed by atoms with van der Waals surface area (Å²) in [6.07, 6.45) is 3.07. The number of pyridine rings is 1. The van der Waals surface area contributed by atoms with Crippen molar-refractivity contribution in [2.75, 3.05) is 13.1 Å². The minimum atomic E-state index is -4.62. The number of alkyl halides is 3. The van der Waals surface area contributed by atoms with E-state index in [-0.39, 0.29) is 11.4 Å². The van der Waals surface area contributed by atoms with Gasteiger partial charge in [0, 0.05) is 38.4 Å². The van der Waals surface area contributed by atoms with Crippen molar-refractivity contribution in [3.05, 3.63) is 82.1 Å². The molecule has 0 bridgehead atoms. The third-order valence-electron chi connectivity index (χ3n) is 9.25. The fourth-order valence-electron chi connectivity index (χ4n) is 7.32. The van der Waals surface area contributed by atoms with Gasteiger partial charge in [0.2, 0.25) is 0 Å². The van der Waals surface area contributed by atoms with Crippen molar-refractivity contribution in [2.24, 2.45) is 18.9 Å². The quantitative estimate of drug-likeness (QED) is 0.406. The zero-order chi connectivity index (χ0) is 28.0. The van der Waals surface area contributed by atoms with Gasteiger partial charge in [-0.3, -0.25) is 13.9 Å². The van der Waals surface area contributed by atoms with E-state index < -0.39 is 28.4 Å². The van der Waals surface area contributed by atoms with Crippen LogP contribution in [0, 0.1) is 11.8 Å². The Morgan fingerprint density at radius 3 is 2.67 bits per heavy atom. The highest BCUT2D eigenvalue weighted by molar-refractivity contribution is 5.58. The molecule has 2 saturated carbocycles. The molecule has 2 aliphatic carbocycles. The standard InChI is InChI=1S/C29H31F3N6O2/c1-18-5-4-8-36(12-18)13-19-9-22(29(30,31)32)23-15-37(26(39)38(23)14-19)21-7-3-6-20(10-21)28(16-27(40)11-24(27)28)25-34-33-17-35(25)2/h3,6-7,9-10,14-15,17-18,24,40H,4-5,8,11-13,16H2,1-2H3/t18-,24?,27+,28-/m0/s1. The number of halogens is 3. The lowest BCUT2D eigenvalue weighted by molar-refractivity contribution is -0.136. The molecule has 1 saturated heterocycles. The van der Waals surface area contributed by atoms with Crippen LogP contribution in [0.3, 0.4) is 0 Å². The first-order chi connectivity index (χ1) is 19.0. The summed E-state index contributed by atoms with van der Waals surface area (Å²) in [6, 6.07) is 8.45. The van der Waals surface area contributed by atoms with Crippen LogP contribution in [-0.2, 0) is 25.2 Å². The van der Waals surface area contributed by atoms with E-state index in [4.69, 9.17) is 0 Å². The van der Waals surface area contributed by atoms with E-state index in [1.807, 2.05) is 23.7 Å². The first kappa shape index (κ1) is 25.5. The molecule has 1 aromatic carbocycles. The predicted molar refractivity (Wildman–Crippen MR) is 141 cm³/mol. The van der Waals surface area contributed by atoms with Crippen LogP contribution in [0.1, 0.15) is 55.1 Å². The highest BCUT2D eigenvalue weighted by Gasteiger charge is 2.77. The van der Waals surface area contributed by atoms with Gasteiger partial charge in [0.25, 0.3) is 0 Å². The molecule has 1 unspecified atom stereocenters. The maximum absolute atomic E-state index is 14.3. The molecule has 40 heavy (non-hydrogen) atoms. The number of hydrogen-bond acceptors (Lipinski definition) is 5. The summed E-state index contributed by atoms with van der Waals surface area (Å²) in [6.45, 7) is 4.17. The highest BCUT2D eigenvalue weighted by atomic mass is 19.4. The molecule has 0 spiro atoms. The molecule has 7 rings (SSSR count). The fraction of sp³-hybridized carbons (Fsp3) is 0.483.